The van der Waals surface area contributed by atoms with Crippen molar-refractivity contribution in [2.45, 2.75) is 13.0 Å². The van der Waals surface area contributed by atoms with Gasteiger partial charge in [-0.15, -0.1) is 0 Å². The summed E-state index contributed by atoms with van der Waals surface area (Å²) in [5.74, 6) is 1.39. The third kappa shape index (κ3) is 4.23. The van der Waals surface area contributed by atoms with E-state index < -0.39 is 10.1 Å². The lowest BCUT2D eigenvalue weighted by Gasteiger charge is -2.19. The molecule has 0 aromatic heterocycles. The largest absolute Gasteiger partial charge is 0.445 e. The summed E-state index contributed by atoms with van der Waals surface area (Å²) in [6.45, 7) is 1.91. The summed E-state index contributed by atoms with van der Waals surface area (Å²) in [5.41, 5.74) is 0.973. The Labute approximate surface area is 136 Å². The van der Waals surface area contributed by atoms with Crippen LogP contribution in [0.2, 0.25) is 0 Å². The van der Waals surface area contributed by atoms with Crippen molar-refractivity contribution in [3.8, 4) is 0 Å². The number of likely N-dealkylation sites (tertiary alicyclic amines) is 1. The van der Waals surface area contributed by atoms with Crippen molar-refractivity contribution in [1.29, 1.82) is 0 Å². The highest BCUT2D eigenvalue weighted by Crippen LogP contribution is 2.53. The topological polar surface area (TPSA) is 72.9 Å². The Morgan fingerprint density at radius 3 is 2.48 bits per heavy atom. The predicted octanol–water partition coefficient (Wildman–Crippen LogP) is 1.87. The molecule has 1 aliphatic heterocycles. The fraction of sp³-hybridized carbons (Fsp3) is 0.562. The van der Waals surface area contributed by atoms with E-state index in [4.69, 9.17) is 8.92 Å². The number of nitrogens with zero attached hydrogens (tertiary/aromatic N) is 1. The van der Waals surface area contributed by atoms with Gasteiger partial charge in [0.1, 0.15) is 6.61 Å². The molecule has 3 rings (SSSR count). The van der Waals surface area contributed by atoms with E-state index in [1.54, 1.807) is 4.90 Å². The van der Waals surface area contributed by atoms with Gasteiger partial charge in [-0.1, -0.05) is 30.3 Å². The zero-order valence-electron chi connectivity index (χ0n) is 13.1. The van der Waals surface area contributed by atoms with Gasteiger partial charge in [0.15, 0.2) is 0 Å². The molecule has 126 valence electrons. The molecule has 6 nitrogen and oxygen atoms in total. The second kappa shape index (κ2) is 6.49. The lowest BCUT2D eigenvalue weighted by molar-refractivity contribution is 0.0982. The first-order valence-corrected chi connectivity index (χ1v) is 9.56. The van der Waals surface area contributed by atoms with Crippen molar-refractivity contribution >= 4 is 16.2 Å². The molecule has 1 heterocycles. The second-order valence-corrected chi connectivity index (χ2v) is 7.90. The zero-order valence-corrected chi connectivity index (χ0v) is 13.9. The van der Waals surface area contributed by atoms with Gasteiger partial charge in [0.05, 0.1) is 12.9 Å². The van der Waals surface area contributed by atoms with E-state index in [0.29, 0.717) is 30.8 Å². The molecule has 2 atom stereocenters. The average Bonchev–Trinajstić information content (AvgIpc) is 2.95. The highest BCUT2D eigenvalue weighted by Gasteiger charge is 2.56. The van der Waals surface area contributed by atoms with Crippen LogP contribution in [0, 0.1) is 17.8 Å². The molecule has 1 aromatic carbocycles. The highest BCUT2D eigenvalue weighted by atomic mass is 32.2. The third-order valence-corrected chi connectivity index (χ3v) is 5.18. The molecule has 7 heteroatoms. The van der Waals surface area contributed by atoms with Crippen molar-refractivity contribution in [3.63, 3.8) is 0 Å². The summed E-state index contributed by atoms with van der Waals surface area (Å²) in [6, 6.07) is 9.60. The maximum Gasteiger partial charge on any atom is 0.410 e. The van der Waals surface area contributed by atoms with Gasteiger partial charge >= 0.3 is 6.09 Å². The van der Waals surface area contributed by atoms with E-state index in [0.717, 1.165) is 18.2 Å². The minimum atomic E-state index is -3.36. The van der Waals surface area contributed by atoms with Crippen LogP contribution in [0.3, 0.4) is 0 Å². The van der Waals surface area contributed by atoms with E-state index >= 15 is 0 Å². The van der Waals surface area contributed by atoms with Crippen LogP contribution in [0.25, 0.3) is 0 Å². The monoisotopic (exact) mass is 339 g/mol. The second-order valence-electron chi connectivity index (χ2n) is 6.25. The number of ether oxygens (including phenoxy) is 1. The molecule has 0 spiro atoms. The maximum atomic E-state index is 12.0. The summed E-state index contributed by atoms with van der Waals surface area (Å²) in [7, 11) is -3.36. The van der Waals surface area contributed by atoms with Crippen molar-refractivity contribution < 1.29 is 22.1 Å². The van der Waals surface area contributed by atoms with Crippen LogP contribution in [0.15, 0.2) is 30.3 Å². The molecule has 1 saturated heterocycles. The molecule has 2 unspecified atom stereocenters. The van der Waals surface area contributed by atoms with E-state index in [1.807, 2.05) is 30.3 Å². The van der Waals surface area contributed by atoms with E-state index in [9.17, 15) is 13.2 Å². The number of hydrogen-bond donors (Lipinski definition) is 0. The summed E-state index contributed by atoms with van der Waals surface area (Å²) < 4.78 is 31.9. The molecule has 2 fully saturated rings. The van der Waals surface area contributed by atoms with Gasteiger partial charge < -0.3 is 9.64 Å². The number of piperidine rings is 1. The molecule has 1 amide bonds. The quantitative estimate of drug-likeness (QED) is 0.740. The number of carbonyl (C=O) groups excluding carboxylic acids is 1. The first-order valence-electron chi connectivity index (χ1n) is 7.74. The minimum absolute atomic E-state index is 0.231. The summed E-state index contributed by atoms with van der Waals surface area (Å²) in [5, 5.41) is 0. The number of fused-ring (bicyclic) bond motifs is 1. The molecule has 1 saturated carbocycles. The van der Waals surface area contributed by atoms with Crippen LogP contribution in [0.1, 0.15) is 12.0 Å². The normalized spacial score (nSPS) is 26.0. The number of hydrogen-bond acceptors (Lipinski definition) is 5. The lowest BCUT2D eigenvalue weighted by Crippen LogP contribution is -2.32. The van der Waals surface area contributed by atoms with E-state index in [1.165, 1.54) is 0 Å². The van der Waals surface area contributed by atoms with Crippen molar-refractivity contribution in [2.75, 3.05) is 26.0 Å². The van der Waals surface area contributed by atoms with Crippen LogP contribution in [0.4, 0.5) is 4.79 Å². The van der Waals surface area contributed by atoms with Crippen molar-refractivity contribution in [1.82, 2.24) is 4.90 Å². The number of rotatable bonds is 6. The van der Waals surface area contributed by atoms with E-state index in [-0.39, 0.29) is 19.3 Å². The smallest absolute Gasteiger partial charge is 0.410 e. The molecule has 0 radical (unpaired) electrons. The third-order valence-electron chi connectivity index (χ3n) is 4.58. The Hall–Kier alpha value is -1.60. The average molecular weight is 339 g/mol. The van der Waals surface area contributed by atoms with Crippen LogP contribution in [0.5, 0.6) is 0 Å². The molecule has 0 N–H and O–H groups in total. The lowest BCUT2D eigenvalue weighted by atomic mass is 10.2. The molecular weight excluding hydrogens is 318 g/mol. The van der Waals surface area contributed by atoms with Crippen LogP contribution >= 0.6 is 0 Å². The standard InChI is InChI=1S/C16H21NO5S/c1-23(19,20)22-8-7-13-14-9-17(10-15(13)14)16(18)21-11-12-5-3-2-4-6-12/h2-6,13-15H,7-11H2,1H3. The number of amides is 1. The Kier molecular flexibility index (Phi) is 4.59. The Bertz CT molecular complexity index is 648. The maximum absolute atomic E-state index is 12.0. The van der Waals surface area contributed by atoms with Crippen molar-refractivity contribution in [3.05, 3.63) is 35.9 Å². The molecule has 0 bridgehead atoms. The molecule has 1 aliphatic carbocycles. The number of carbonyl (C=O) groups is 1. The Balaban J connectivity index is 1.37. The Morgan fingerprint density at radius 1 is 1.22 bits per heavy atom. The molecule has 2 aliphatic rings. The minimum Gasteiger partial charge on any atom is -0.445 e. The molecular formula is C16H21NO5S. The van der Waals surface area contributed by atoms with Crippen molar-refractivity contribution in [2.24, 2.45) is 17.8 Å². The fourth-order valence-corrected chi connectivity index (χ4v) is 3.77. The van der Waals surface area contributed by atoms with Gasteiger partial charge in [-0.3, -0.25) is 4.18 Å². The SMILES string of the molecule is CS(=O)(=O)OCCC1C2CN(C(=O)OCc3ccccc3)CC12. The first-order chi connectivity index (χ1) is 10.9. The van der Waals surface area contributed by atoms with Crippen LogP contribution in [-0.4, -0.2) is 45.4 Å². The van der Waals surface area contributed by atoms with Gasteiger partial charge in [0, 0.05) is 13.1 Å². The highest BCUT2D eigenvalue weighted by molar-refractivity contribution is 7.85. The molecule has 1 aromatic rings. The predicted molar refractivity (Wildman–Crippen MR) is 84.1 cm³/mol. The summed E-state index contributed by atoms with van der Waals surface area (Å²) in [4.78, 5) is 13.8. The summed E-state index contributed by atoms with van der Waals surface area (Å²) >= 11 is 0. The van der Waals surface area contributed by atoms with E-state index in [2.05, 4.69) is 0 Å². The first kappa shape index (κ1) is 16.3. The Morgan fingerprint density at radius 2 is 1.87 bits per heavy atom. The molecule has 23 heavy (non-hydrogen) atoms. The van der Waals surface area contributed by atoms with Crippen LogP contribution in [-0.2, 0) is 25.6 Å². The summed E-state index contributed by atoms with van der Waals surface area (Å²) in [6.07, 6.45) is 1.52. The van der Waals surface area contributed by atoms with Gasteiger partial charge in [0.2, 0.25) is 0 Å². The van der Waals surface area contributed by atoms with Gasteiger partial charge in [-0.05, 0) is 29.7 Å². The van der Waals surface area contributed by atoms with Crippen LogP contribution < -0.4 is 0 Å². The van der Waals surface area contributed by atoms with Gasteiger partial charge in [-0.2, -0.15) is 8.42 Å². The van der Waals surface area contributed by atoms with Gasteiger partial charge in [0.25, 0.3) is 10.1 Å². The fourth-order valence-electron chi connectivity index (χ4n) is 3.37. The van der Waals surface area contributed by atoms with Gasteiger partial charge in [-0.25, -0.2) is 4.79 Å². The number of benzene rings is 1. The zero-order chi connectivity index (χ0) is 16.4.